The Morgan fingerprint density at radius 1 is 1.21 bits per heavy atom. The molecule has 0 aliphatic carbocycles. The summed E-state index contributed by atoms with van der Waals surface area (Å²) < 4.78 is 39.2. The maximum absolute atomic E-state index is 12.6. The Kier molecular flexibility index (Phi) is 3.89. The van der Waals surface area contributed by atoms with E-state index in [4.69, 9.17) is 9.47 Å². The molecule has 0 amide bonds. The Balaban J connectivity index is 2.04. The van der Waals surface area contributed by atoms with Crippen LogP contribution in [0.15, 0.2) is 46.5 Å². The summed E-state index contributed by atoms with van der Waals surface area (Å²) in [5, 5.41) is 5.86. The van der Waals surface area contributed by atoms with Gasteiger partial charge in [0.15, 0.2) is 0 Å². The molecule has 2 heterocycles. The van der Waals surface area contributed by atoms with Gasteiger partial charge in [0, 0.05) is 12.3 Å². The number of aromatic nitrogens is 3. The van der Waals surface area contributed by atoms with Crippen molar-refractivity contribution >= 4 is 21.2 Å². The van der Waals surface area contributed by atoms with Gasteiger partial charge in [0.05, 0.1) is 19.9 Å². The van der Waals surface area contributed by atoms with E-state index in [-0.39, 0.29) is 16.1 Å². The van der Waals surface area contributed by atoms with Crippen LogP contribution in [0.25, 0.3) is 5.52 Å². The van der Waals surface area contributed by atoms with Gasteiger partial charge >= 0.3 is 0 Å². The van der Waals surface area contributed by atoms with Crippen LogP contribution < -0.4 is 19.8 Å². The third kappa shape index (κ3) is 2.78. The quantitative estimate of drug-likeness (QED) is 0.705. The number of hydrogen-bond donors (Lipinski definition) is 2. The molecule has 2 N–H and O–H groups in total. The van der Waals surface area contributed by atoms with Crippen molar-refractivity contribution < 1.29 is 17.9 Å². The van der Waals surface area contributed by atoms with Crippen LogP contribution in [-0.2, 0) is 10.0 Å². The summed E-state index contributed by atoms with van der Waals surface area (Å²) in [6.45, 7) is 0. The Bertz CT molecular complexity index is 1050. The summed E-state index contributed by atoms with van der Waals surface area (Å²) in [6.07, 6.45) is 2.61. The molecule has 9 nitrogen and oxygen atoms in total. The van der Waals surface area contributed by atoms with Gasteiger partial charge in [-0.25, -0.2) is 13.5 Å². The molecule has 3 rings (SSSR count). The SMILES string of the molecule is COc1ccc(OC)c(NS(=O)(=O)c2cc3c(=O)[nH]ncn3c2)c1. The van der Waals surface area contributed by atoms with Gasteiger partial charge in [0.2, 0.25) is 0 Å². The predicted molar refractivity (Wildman–Crippen MR) is 86.2 cm³/mol. The summed E-state index contributed by atoms with van der Waals surface area (Å²) in [6, 6.07) is 5.99. The lowest BCUT2D eigenvalue weighted by molar-refractivity contribution is 0.405. The molecule has 1 aromatic carbocycles. The summed E-state index contributed by atoms with van der Waals surface area (Å²) in [5.41, 5.74) is -0.0972. The van der Waals surface area contributed by atoms with E-state index in [2.05, 4.69) is 14.9 Å². The maximum atomic E-state index is 12.6. The van der Waals surface area contributed by atoms with Crippen LogP contribution in [-0.4, -0.2) is 37.2 Å². The van der Waals surface area contributed by atoms with Crippen LogP contribution >= 0.6 is 0 Å². The zero-order chi connectivity index (χ0) is 17.3. The molecule has 0 bridgehead atoms. The molecule has 0 spiro atoms. The minimum atomic E-state index is -3.94. The Labute approximate surface area is 136 Å². The van der Waals surface area contributed by atoms with Gasteiger partial charge in [0.1, 0.15) is 28.2 Å². The Morgan fingerprint density at radius 2 is 2.00 bits per heavy atom. The molecule has 0 saturated carbocycles. The van der Waals surface area contributed by atoms with Crippen molar-refractivity contribution in [3.8, 4) is 11.5 Å². The highest BCUT2D eigenvalue weighted by molar-refractivity contribution is 7.92. The van der Waals surface area contributed by atoms with E-state index in [0.29, 0.717) is 11.5 Å². The topological polar surface area (TPSA) is 115 Å². The number of hydrogen-bond acceptors (Lipinski definition) is 6. The van der Waals surface area contributed by atoms with Crippen LogP contribution in [0.1, 0.15) is 0 Å². The smallest absolute Gasteiger partial charge is 0.288 e. The lowest BCUT2D eigenvalue weighted by Crippen LogP contribution is -2.13. The molecule has 0 saturated heterocycles. The third-order valence-electron chi connectivity index (χ3n) is 3.37. The molecule has 0 radical (unpaired) electrons. The molecular weight excluding hydrogens is 336 g/mol. The zero-order valence-electron chi connectivity index (χ0n) is 12.8. The second-order valence-corrected chi connectivity index (χ2v) is 6.51. The van der Waals surface area contributed by atoms with Crippen molar-refractivity contribution in [2.24, 2.45) is 0 Å². The van der Waals surface area contributed by atoms with Gasteiger partial charge in [-0.05, 0) is 18.2 Å². The molecule has 126 valence electrons. The fourth-order valence-electron chi connectivity index (χ4n) is 2.18. The molecule has 0 unspecified atom stereocenters. The first kappa shape index (κ1) is 15.9. The zero-order valence-corrected chi connectivity index (χ0v) is 13.6. The van der Waals surface area contributed by atoms with Gasteiger partial charge in [-0.15, -0.1) is 0 Å². The normalized spacial score (nSPS) is 11.4. The summed E-state index contributed by atoms with van der Waals surface area (Å²) in [7, 11) is -1.04. The third-order valence-corrected chi connectivity index (χ3v) is 4.70. The highest BCUT2D eigenvalue weighted by Crippen LogP contribution is 2.31. The van der Waals surface area contributed by atoms with E-state index in [0.717, 1.165) is 0 Å². The second-order valence-electron chi connectivity index (χ2n) is 4.83. The number of aromatic amines is 1. The molecule has 0 atom stereocenters. The summed E-state index contributed by atoms with van der Waals surface area (Å²) in [5.74, 6) is 0.804. The number of sulfonamides is 1. The molecule has 3 aromatic rings. The number of fused-ring (bicyclic) bond motifs is 1. The van der Waals surface area contributed by atoms with Crippen molar-refractivity contribution in [1.29, 1.82) is 0 Å². The van der Waals surface area contributed by atoms with Crippen molar-refractivity contribution in [1.82, 2.24) is 14.6 Å². The van der Waals surface area contributed by atoms with E-state index in [1.54, 1.807) is 12.1 Å². The maximum Gasteiger partial charge on any atom is 0.288 e. The molecule has 10 heteroatoms. The van der Waals surface area contributed by atoms with Gasteiger partial charge in [-0.2, -0.15) is 5.10 Å². The number of methoxy groups -OCH3 is 2. The highest BCUT2D eigenvalue weighted by Gasteiger charge is 2.20. The van der Waals surface area contributed by atoms with Crippen molar-refractivity contribution in [2.75, 3.05) is 18.9 Å². The number of H-pyrrole nitrogens is 1. The number of rotatable bonds is 5. The average molecular weight is 350 g/mol. The van der Waals surface area contributed by atoms with Crippen LogP contribution in [0.3, 0.4) is 0 Å². The van der Waals surface area contributed by atoms with E-state index in [9.17, 15) is 13.2 Å². The van der Waals surface area contributed by atoms with Gasteiger partial charge in [-0.1, -0.05) is 0 Å². The van der Waals surface area contributed by atoms with E-state index in [1.165, 1.54) is 43.3 Å². The largest absolute Gasteiger partial charge is 0.497 e. The van der Waals surface area contributed by atoms with Crippen LogP contribution in [0, 0.1) is 0 Å². The van der Waals surface area contributed by atoms with Gasteiger partial charge in [-0.3, -0.25) is 13.9 Å². The van der Waals surface area contributed by atoms with Crippen LogP contribution in [0.5, 0.6) is 11.5 Å². The monoisotopic (exact) mass is 350 g/mol. The number of nitrogens with one attached hydrogen (secondary N) is 2. The fraction of sp³-hybridized carbons (Fsp3) is 0.143. The lowest BCUT2D eigenvalue weighted by Gasteiger charge is -2.12. The molecule has 0 fully saturated rings. The summed E-state index contributed by atoms with van der Waals surface area (Å²) >= 11 is 0. The standard InChI is InChI=1S/C14H14N4O5S/c1-22-9-3-4-13(23-2)11(5-9)17-24(20,21)10-6-12-14(19)16-15-8-18(12)7-10/h3-8,17H,1-2H3,(H,16,19). The molecule has 24 heavy (non-hydrogen) atoms. The molecule has 2 aromatic heterocycles. The van der Waals surface area contributed by atoms with Crippen LogP contribution in [0.2, 0.25) is 0 Å². The van der Waals surface area contributed by atoms with Crippen molar-refractivity contribution in [2.45, 2.75) is 4.90 Å². The molecule has 0 aliphatic rings. The predicted octanol–water partition coefficient (Wildman–Crippen LogP) is 0.841. The Morgan fingerprint density at radius 3 is 2.67 bits per heavy atom. The van der Waals surface area contributed by atoms with E-state index in [1.807, 2.05) is 0 Å². The minimum absolute atomic E-state index is 0.0779. The summed E-state index contributed by atoms with van der Waals surface area (Å²) in [4.78, 5) is 11.6. The molecular formula is C14H14N4O5S. The Hall–Kier alpha value is -3.01. The van der Waals surface area contributed by atoms with Gasteiger partial charge in [0.25, 0.3) is 15.6 Å². The number of ether oxygens (including phenoxy) is 2. The number of nitrogens with zero attached hydrogens (tertiary/aromatic N) is 2. The first-order chi connectivity index (χ1) is 11.4. The number of anilines is 1. The van der Waals surface area contributed by atoms with E-state index >= 15 is 0 Å². The highest BCUT2D eigenvalue weighted by atomic mass is 32.2. The van der Waals surface area contributed by atoms with Crippen molar-refractivity contribution in [3.05, 3.63) is 47.1 Å². The fourth-order valence-corrected chi connectivity index (χ4v) is 3.27. The van der Waals surface area contributed by atoms with Gasteiger partial charge < -0.3 is 9.47 Å². The number of benzene rings is 1. The second kappa shape index (κ2) is 5.89. The van der Waals surface area contributed by atoms with E-state index < -0.39 is 15.6 Å². The first-order valence-corrected chi connectivity index (χ1v) is 8.23. The lowest BCUT2D eigenvalue weighted by atomic mass is 10.3. The van der Waals surface area contributed by atoms with Crippen LogP contribution in [0.4, 0.5) is 5.69 Å². The molecule has 0 aliphatic heterocycles. The van der Waals surface area contributed by atoms with Crippen molar-refractivity contribution in [3.63, 3.8) is 0 Å². The first-order valence-electron chi connectivity index (χ1n) is 6.75. The average Bonchev–Trinajstić information content (AvgIpc) is 3.01. The minimum Gasteiger partial charge on any atom is -0.497 e.